The number of aromatic carboxylic acids is 1. The van der Waals surface area contributed by atoms with Gasteiger partial charge in [0, 0.05) is 47.1 Å². The molecule has 10 heteroatoms. The van der Waals surface area contributed by atoms with Crippen molar-refractivity contribution >= 4 is 51.7 Å². The van der Waals surface area contributed by atoms with E-state index < -0.39 is 29.3 Å². The lowest BCUT2D eigenvalue weighted by molar-refractivity contribution is -0.127. The molecular weight excluding hydrogens is 578 g/mol. The average molecular weight is 605 g/mol. The van der Waals surface area contributed by atoms with Crippen LogP contribution < -0.4 is 5.32 Å². The number of anilines is 1. The Labute approximate surface area is 251 Å². The smallest absolute Gasteiger partial charge is 0.335 e. The second kappa shape index (κ2) is 9.93. The van der Waals surface area contributed by atoms with Gasteiger partial charge in [-0.2, -0.15) is 5.10 Å². The molecule has 3 aliphatic rings. The standard InChI is InChI=1S/C32H27Cl2FN4O3/c1-2-4-26-20-11-9-18(30(40)41)13-24(20)37-39(26)27-16-38(15-17-7-8-17)32(28(27)21-5-3-6-23(34)29(21)35)22-12-10-19(33)14-25(22)36-31(32)42/h2-3,5-6,9-14,17,27-28H,1,4,7-8,15-16H2,(H,36,42)(H,40,41)/t27-,28+,32-/m1/s1. The molecule has 7 nitrogen and oxygen atoms in total. The number of hydrogen-bond donors (Lipinski definition) is 2. The second-order valence-electron chi connectivity index (χ2n) is 11.4. The molecule has 1 saturated carbocycles. The van der Waals surface area contributed by atoms with Crippen LogP contribution in [0.3, 0.4) is 0 Å². The van der Waals surface area contributed by atoms with Gasteiger partial charge < -0.3 is 10.4 Å². The summed E-state index contributed by atoms with van der Waals surface area (Å²) in [5.74, 6) is -2.18. The van der Waals surface area contributed by atoms with Crippen molar-refractivity contribution in [1.82, 2.24) is 14.7 Å². The number of likely N-dealkylation sites (tertiary alicyclic amines) is 1. The number of carboxylic acid groups (broad SMARTS) is 1. The highest BCUT2D eigenvalue weighted by atomic mass is 35.5. The van der Waals surface area contributed by atoms with Gasteiger partial charge in [-0.3, -0.25) is 14.4 Å². The highest BCUT2D eigenvalue weighted by Crippen LogP contribution is 2.60. The molecule has 1 spiro atoms. The van der Waals surface area contributed by atoms with E-state index in [2.05, 4.69) is 16.8 Å². The number of carbonyl (C=O) groups is 2. The number of amides is 1. The fourth-order valence-electron chi connectivity index (χ4n) is 7.01. The summed E-state index contributed by atoms with van der Waals surface area (Å²) in [6.45, 7) is 5.01. The minimum atomic E-state index is -1.26. The summed E-state index contributed by atoms with van der Waals surface area (Å²) >= 11 is 12.7. The summed E-state index contributed by atoms with van der Waals surface area (Å²) in [5, 5.41) is 18.9. The van der Waals surface area contributed by atoms with Crippen molar-refractivity contribution in [2.75, 3.05) is 18.4 Å². The van der Waals surface area contributed by atoms with Crippen molar-refractivity contribution in [2.45, 2.75) is 36.8 Å². The zero-order valence-electron chi connectivity index (χ0n) is 22.5. The first-order valence-electron chi connectivity index (χ1n) is 13.9. The van der Waals surface area contributed by atoms with Crippen molar-refractivity contribution in [2.24, 2.45) is 5.92 Å². The van der Waals surface area contributed by atoms with E-state index in [1.54, 1.807) is 48.5 Å². The number of nitrogens with one attached hydrogen (secondary N) is 1. The molecular formula is C32H27Cl2FN4O3. The predicted octanol–water partition coefficient (Wildman–Crippen LogP) is 6.81. The molecule has 1 aliphatic carbocycles. The zero-order valence-corrected chi connectivity index (χ0v) is 24.0. The highest BCUT2D eigenvalue weighted by molar-refractivity contribution is 6.31. The van der Waals surface area contributed by atoms with Crippen LogP contribution in [0.5, 0.6) is 0 Å². The van der Waals surface area contributed by atoms with Crippen molar-refractivity contribution < 1.29 is 19.1 Å². The van der Waals surface area contributed by atoms with E-state index in [4.69, 9.17) is 28.3 Å². The number of benzene rings is 3. The topological polar surface area (TPSA) is 87.5 Å². The summed E-state index contributed by atoms with van der Waals surface area (Å²) in [6, 6.07) is 14.6. The van der Waals surface area contributed by atoms with Gasteiger partial charge in [0.25, 0.3) is 0 Å². The van der Waals surface area contributed by atoms with E-state index >= 15 is 4.39 Å². The van der Waals surface area contributed by atoms with Crippen molar-refractivity contribution in [3.8, 4) is 0 Å². The third-order valence-corrected chi connectivity index (χ3v) is 9.45. The van der Waals surface area contributed by atoms with E-state index in [9.17, 15) is 14.7 Å². The Hall–Kier alpha value is -3.72. The van der Waals surface area contributed by atoms with Gasteiger partial charge in [0.2, 0.25) is 5.91 Å². The molecule has 3 aromatic carbocycles. The van der Waals surface area contributed by atoms with Gasteiger partial charge in [0.1, 0.15) is 11.4 Å². The van der Waals surface area contributed by atoms with Crippen LogP contribution in [-0.4, -0.2) is 44.8 Å². The molecule has 1 amide bonds. The lowest BCUT2D eigenvalue weighted by atomic mass is 9.73. The van der Waals surface area contributed by atoms with Gasteiger partial charge in [0.15, 0.2) is 0 Å². The molecule has 2 N–H and O–H groups in total. The molecule has 1 aromatic heterocycles. The number of carbonyl (C=O) groups excluding carboxylic acids is 1. The Morgan fingerprint density at radius 3 is 2.74 bits per heavy atom. The summed E-state index contributed by atoms with van der Waals surface area (Å²) in [5.41, 5.74) is 1.84. The molecule has 3 atom stereocenters. The molecule has 7 rings (SSSR count). The number of hydrogen-bond acceptors (Lipinski definition) is 4. The number of fused-ring (bicyclic) bond motifs is 3. The molecule has 0 bridgehead atoms. The minimum absolute atomic E-state index is 0.0279. The molecule has 4 aromatic rings. The number of aromatic nitrogens is 2. The third kappa shape index (κ3) is 4.00. The van der Waals surface area contributed by atoms with Crippen LogP contribution in [0, 0.1) is 11.7 Å². The quantitative estimate of drug-likeness (QED) is 0.226. The maximum atomic E-state index is 16.1. The van der Waals surface area contributed by atoms with Crippen LogP contribution >= 0.6 is 23.2 Å². The first-order valence-corrected chi connectivity index (χ1v) is 14.7. The molecule has 0 unspecified atom stereocenters. The highest BCUT2D eigenvalue weighted by Gasteiger charge is 2.65. The fourth-order valence-corrected chi connectivity index (χ4v) is 7.37. The Morgan fingerprint density at radius 2 is 2.00 bits per heavy atom. The van der Waals surface area contributed by atoms with Gasteiger partial charge in [-0.1, -0.05) is 53.5 Å². The summed E-state index contributed by atoms with van der Waals surface area (Å²) < 4.78 is 18.0. The van der Waals surface area contributed by atoms with E-state index in [-0.39, 0.29) is 16.5 Å². The Kier molecular flexibility index (Phi) is 6.42. The molecule has 3 heterocycles. The van der Waals surface area contributed by atoms with Gasteiger partial charge in [0.05, 0.1) is 27.8 Å². The van der Waals surface area contributed by atoms with Gasteiger partial charge in [-0.05, 0) is 54.7 Å². The summed E-state index contributed by atoms with van der Waals surface area (Å²) in [6.07, 6.45) is 4.33. The predicted molar refractivity (Wildman–Crippen MR) is 160 cm³/mol. The first kappa shape index (κ1) is 27.1. The molecule has 0 radical (unpaired) electrons. The van der Waals surface area contributed by atoms with Crippen molar-refractivity contribution in [3.05, 3.63) is 105 Å². The van der Waals surface area contributed by atoms with Gasteiger partial charge in [-0.15, -0.1) is 6.58 Å². The van der Waals surface area contributed by atoms with E-state index in [1.165, 1.54) is 6.07 Å². The van der Waals surface area contributed by atoms with E-state index in [0.29, 0.717) is 47.2 Å². The van der Waals surface area contributed by atoms with Gasteiger partial charge in [-0.25, -0.2) is 9.18 Å². The van der Waals surface area contributed by atoms with Crippen molar-refractivity contribution in [3.63, 3.8) is 0 Å². The SMILES string of the molecule is C=CCc1c2ccc(C(=O)O)cc2nn1[C@@H]1CN(CC2CC2)[C@@]2(C(=O)Nc3cc(Cl)ccc32)[C@H]1c1cccc(Cl)c1F. The molecule has 2 fully saturated rings. The maximum Gasteiger partial charge on any atom is 0.335 e. The van der Waals surface area contributed by atoms with E-state index in [1.807, 2.05) is 10.7 Å². The van der Waals surface area contributed by atoms with Crippen LogP contribution in [0.2, 0.25) is 10.0 Å². The van der Waals surface area contributed by atoms with Crippen LogP contribution in [-0.2, 0) is 16.8 Å². The normalized spacial score (nSPS) is 23.5. The molecule has 42 heavy (non-hydrogen) atoms. The summed E-state index contributed by atoms with van der Waals surface area (Å²) in [4.78, 5) is 28.3. The monoisotopic (exact) mass is 604 g/mol. The van der Waals surface area contributed by atoms with Crippen molar-refractivity contribution in [1.29, 1.82) is 0 Å². The molecule has 214 valence electrons. The lowest BCUT2D eigenvalue weighted by Gasteiger charge is -2.38. The summed E-state index contributed by atoms with van der Waals surface area (Å²) in [7, 11) is 0. The van der Waals surface area contributed by atoms with Crippen LogP contribution in [0.1, 0.15) is 52.0 Å². The fraction of sp³-hybridized carbons (Fsp3) is 0.281. The number of allylic oxidation sites excluding steroid dienone is 1. The number of carboxylic acids is 1. The average Bonchev–Trinajstić information content (AvgIpc) is 3.53. The van der Waals surface area contributed by atoms with E-state index in [0.717, 1.165) is 29.5 Å². The minimum Gasteiger partial charge on any atom is -0.478 e. The van der Waals surface area contributed by atoms with Crippen LogP contribution in [0.4, 0.5) is 10.1 Å². The zero-order chi connectivity index (χ0) is 29.3. The van der Waals surface area contributed by atoms with Gasteiger partial charge >= 0.3 is 5.97 Å². The Morgan fingerprint density at radius 1 is 1.19 bits per heavy atom. The number of nitrogens with zero attached hydrogens (tertiary/aromatic N) is 3. The second-order valence-corrected chi connectivity index (χ2v) is 12.2. The third-order valence-electron chi connectivity index (χ3n) is 8.92. The number of halogens is 3. The Balaban J connectivity index is 1.52. The molecule has 1 saturated heterocycles. The Bertz CT molecular complexity index is 1800. The lowest BCUT2D eigenvalue weighted by Crippen LogP contribution is -2.50. The maximum absolute atomic E-state index is 16.1. The van der Waals surface area contributed by atoms with Crippen LogP contribution in [0.15, 0.2) is 67.3 Å². The largest absolute Gasteiger partial charge is 0.478 e. The number of rotatable bonds is 7. The van der Waals surface area contributed by atoms with Crippen LogP contribution in [0.25, 0.3) is 10.9 Å². The first-order chi connectivity index (χ1) is 20.2. The molecule has 2 aliphatic heterocycles.